The van der Waals surface area contributed by atoms with Crippen LogP contribution in [0.15, 0.2) is 65.3 Å². The molecule has 236 valence electrons. The van der Waals surface area contributed by atoms with Gasteiger partial charge in [0.05, 0.1) is 12.7 Å². The standard InChI is InChI=1S/C40H47NO4/c1-8-41-34-15-11-25(2)20-30(34)31-22-28(12-16-35(31)41)23-32(36(42)18-14-33-26(3)10-9-19-40(33,5)6)38(44)21-27(4)29-13-17-37(43)39(24-29)45-7/h12-18,20,22-25,27,43H,8-11,19,21H2,1-7H3/b18-14+,32-23+. The molecule has 0 bridgehead atoms. The van der Waals surface area contributed by atoms with Gasteiger partial charge in [0, 0.05) is 34.4 Å². The zero-order chi connectivity index (χ0) is 32.5. The molecule has 2 aromatic carbocycles. The van der Waals surface area contributed by atoms with Crippen molar-refractivity contribution in [2.75, 3.05) is 7.11 Å². The third-order valence-electron chi connectivity index (χ3n) is 9.70. The molecule has 5 heteroatoms. The van der Waals surface area contributed by atoms with Gasteiger partial charge in [-0.1, -0.05) is 63.6 Å². The predicted octanol–water partition coefficient (Wildman–Crippen LogP) is 7.77. The van der Waals surface area contributed by atoms with E-state index in [0.29, 0.717) is 11.7 Å². The lowest BCUT2D eigenvalue weighted by atomic mass is 9.72. The molecule has 0 spiro atoms. The van der Waals surface area contributed by atoms with E-state index in [4.69, 9.17) is 4.74 Å². The van der Waals surface area contributed by atoms with E-state index in [1.54, 1.807) is 30.4 Å². The number of hydrogen-bond donors (Lipinski definition) is 1. The molecule has 0 radical (unpaired) electrons. The van der Waals surface area contributed by atoms with E-state index in [2.05, 4.69) is 63.5 Å². The van der Waals surface area contributed by atoms with E-state index in [9.17, 15) is 14.7 Å². The molecular formula is C40H47NO4. The normalized spacial score (nSPS) is 18.8. The van der Waals surface area contributed by atoms with Gasteiger partial charge in [-0.3, -0.25) is 9.59 Å². The number of rotatable bonds is 10. The van der Waals surface area contributed by atoms with Gasteiger partial charge < -0.3 is 14.4 Å². The van der Waals surface area contributed by atoms with Crippen molar-refractivity contribution in [3.63, 3.8) is 0 Å². The first-order valence-corrected chi connectivity index (χ1v) is 16.3. The minimum Gasteiger partial charge on any atom is -0.504 e. The second-order valence-corrected chi connectivity index (χ2v) is 13.6. The van der Waals surface area contributed by atoms with Crippen molar-refractivity contribution in [3.05, 3.63) is 87.0 Å². The second-order valence-electron chi connectivity index (χ2n) is 13.6. The maximum absolute atomic E-state index is 14.0. The number of allylic oxidation sites excluding steroid dienone is 5. The number of aromatic nitrogens is 1. The Kier molecular flexibility index (Phi) is 9.38. The van der Waals surface area contributed by atoms with Crippen LogP contribution in [0.25, 0.3) is 29.1 Å². The summed E-state index contributed by atoms with van der Waals surface area (Å²) < 4.78 is 7.63. The summed E-state index contributed by atoms with van der Waals surface area (Å²) in [6, 6.07) is 11.4. The number of aryl methyl sites for hydroxylation is 1. The zero-order valence-electron chi connectivity index (χ0n) is 27.9. The van der Waals surface area contributed by atoms with Gasteiger partial charge in [0.25, 0.3) is 0 Å². The van der Waals surface area contributed by atoms with E-state index in [-0.39, 0.29) is 40.6 Å². The third kappa shape index (κ3) is 6.63. The number of aromatic hydroxyl groups is 1. The van der Waals surface area contributed by atoms with Crippen LogP contribution in [0.3, 0.4) is 0 Å². The van der Waals surface area contributed by atoms with Gasteiger partial charge in [-0.25, -0.2) is 0 Å². The molecular weight excluding hydrogens is 558 g/mol. The van der Waals surface area contributed by atoms with Gasteiger partial charge in [0.15, 0.2) is 23.1 Å². The number of carbonyl (C=O) groups is 2. The molecule has 1 aromatic heterocycles. The van der Waals surface area contributed by atoms with Crippen LogP contribution in [0, 0.1) is 11.3 Å². The number of benzene rings is 2. The van der Waals surface area contributed by atoms with Crippen molar-refractivity contribution in [3.8, 4) is 11.5 Å². The smallest absolute Gasteiger partial charge is 0.189 e. The average molecular weight is 606 g/mol. The van der Waals surface area contributed by atoms with Gasteiger partial charge in [0.2, 0.25) is 0 Å². The number of ketones is 2. The molecule has 2 unspecified atom stereocenters. The topological polar surface area (TPSA) is 68.5 Å². The summed E-state index contributed by atoms with van der Waals surface area (Å²) in [6.07, 6.45) is 14.4. The molecule has 0 fully saturated rings. The molecule has 3 aromatic rings. The van der Waals surface area contributed by atoms with Crippen LogP contribution in [0.1, 0.15) is 90.7 Å². The maximum atomic E-state index is 14.0. The number of Topliss-reactive ketones (excluding diaryl/α,β-unsaturated/α-hetero) is 1. The highest BCUT2D eigenvalue weighted by Crippen LogP contribution is 2.41. The highest BCUT2D eigenvalue weighted by molar-refractivity contribution is 6.27. The first-order valence-electron chi connectivity index (χ1n) is 16.3. The Morgan fingerprint density at radius 1 is 1.18 bits per heavy atom. The molecule has 0 aliphatic heterocycles. The van der Waals surface area contributed by atoms with Gasteiger partial charge in [-0.15, -0.1) is 0 Å². The lowest BCUT2D eigenvalue weighted by Crippen LogP contribution is -2.32. The minimum absolute atomic E-state index is 0.0132. The molecule has 1 N–H and O–H groups in total. The molecule has 45 heavy (non-hydrogen) atoms. The van der Waals surface area contributed by atoms with Crippen LogP contribution in [0.5, 0.6) is 11.5 Å². The van der Waals surface area contributed by atoms with Crippen LogP contribution in [-0.4, -0.2) is 28.3 Å². The summed E-state index contributed by atoms with van der Waals surface area (Å²) in [5.74, 6) is 0.194. The van der Waals surface area contributed by atoms with E-state index in [1.165, 1.54) is 28.8 Å². The summed E-state index contributed by atoms with van der Waals surface area (Å²) in [6.45, 7) is 13.8. The van der Waals surface area contributed by atoms with Crippen molar-refractivity contribution in [1.82, 2.24) is 4.57 Å². The van der Waals surface area contributed by atoms with Gasteiger partial charge >= 0.3 is 0 Å². The molecule has 0 saturated heterocycles. The van der Waals surface area contributed by atoms with E-state index >= 15 is 0 Å². The fourth-order valence-electron chi connectivity index (χ4n) is 7.12. The van der Waals surface area contributed by atoms with Crippen molar-refractivity contribution < 1.29 is 19.4 Å². The number of phenols is 1. The fourth-order valence-corrected chi connectivity index (χ4v) is 7.12. The SMILES string of the molecule is CCn1c2c(c3cc(/C=C(\C(=O)/C=C/C4=C(C)CCCC4(C)C)C(=O)CC(C)c4ccc(O)c(OC)c4)ccc31)=CC(C)CC=2. The van der Waals surface area contributed by atoms with Crippen molar-refractivity contribution >= 4 is 40.7 Å². The maximum Gasteiger partial charge on any atom is 0.189 e. The molecule has 2 atom stereocenters. The summed E-state index contributed by atoms with van der Waals surface area (Å²) in [4.78, 5) is 27.9. The number of fused-ring (bicyclic) bond motifs is 3. The number of phenolic OH excluding ortho intramolecular Hbond substituents is 1. The summed E-state index contributed by atoms with van der Waals surface area (Å²) >= 11 is 0. The van der Waals surface area contributed by atoms with E-state index < -0.39 is 0 Å². The molecule has 0 amide bonds. The molecule has 2 aliphatic carbocycles. The molecule has 2 aliphatic rings. The van der Waals surface area contributed by atoms with E-state index in [1.807, 2.05) is 19.1 Å². The Morgan fingerprint density at radius 3 is 2.67 bits per heavy atom. The molecule has 5 rings (SSSR count). The van der Waals surface area contributed by atoms with Crippen LogP contribution < -0.4 is 15.3 Å². The minimum atomic E-state index is -0.279. The Bertz CT molecular complexity index is 1860. The van der Waals surface area contributed by atoms with Crippen LogP contribution in [0.4, 0.5) is 0 Å². The van der Waals surface area contributed by atoms with Gasteiger partial charge in [0.1, 0.15) is 0 Å². The summed E-state index contributed by atoms with van der Waals surface area (Å²) in [5, 5.41) is 13.7. The summed E-state index contributed by atoms with van der Waals surface area (Å²) in [5.41, 5.74) is 5.52. The number of carbonyl (C=O) groups excluding carboxylic acids is 2. The lowest BCUT2D eigenvalue weighted by molar-refractivity contribution is -0.119. The van der Waals surface area contributed by atoms with Crippen LogP contribution in [0.2, 0.25) is 0 Å². The lowest BCUT2D eigenvalue weighted by Gasteiger charge is -2.32. The van der Waals surface area contributed by atoms with E-state index in [0.717, 1.165) is 54.3 Å². The Labute approximate surface area is 267 Å². The van der Waals surface area contributed by atoms with Gasteiger partial charge in [-0.2, -0.15) is 0 Å². The first kappa shape index (κ1) is 32.3. The fraction of sp³-hybridized carbons (Fsp3) is 0.400. The monoisotopic (exact) mass is 605 g/mol. The Morgan fingerprint density at radius 2 is 1.96 bits per heavy atom. The predicted molar refractivity (Wildman–Crippen MR) is 185 cm³/mol. The number of ether oxygens (including phenoxy) is 1. The summed E-state index contributed by atoms with van der Waals surface area (Å²) in [7, 11) is 1.50. The quantitative estimate of drug-likeness (QED) is 0.146. The van der Waals surface area contributed by atoms with Crippen LogP contribution >= 0.6 is 0 Å². The van der Waals surface area contributed by atoms with Crippen molar-refractivity contribution in [1.29, 1.82) is 0 Å². The Balaban J connectivity index is 1.56. The molecule has 5 nitrogen and oxygen atoms in total. The number of nitrogens with zero attached hydrogens (tertiary/aromatic N) is 1. The van der Waals surface area contributed by atoms with Crippen molar-refractivity contribution in [2.45, 2.75) is 86.1 Å². The zero-order valence-corrected chi connectivity index (χ0v) is 27.9. The molecule has 1 heterocycles. The van der Waals surface area contributed by atoms with Crippen LogP contribution in [-0.2, 0) is 16.1 Å². The highest BCUT2D eigenvalue weighted by atomic mass is 16.5. The second kappa shape index (κ2) is 13.1. The van der Waals surface area contributed by atoms with Crippen molar-refractivity contribution in [2.24, 2.45) is 11.3 Å². The first-order chi connectivity index (χ1) is 21.4. The number of methoxy groups -OCH3 is 1. The largest absolute Gasteiger partial charge is 0.504 e. The highest BCUT2D eigenvalue weighted by Gasteiger charge is 2.27. The molecule has 0 saturated carbocycles. The van der Waals surface area contributed by atoms with Gasteiger partial charge in [-0.05, 0) is 110 Å². The third-order valence-corrected chi connectivity index (χ3v) is 9.70. The number of hydrogen-bond acceptors (Lipinski definition) is 4. The Hall–Kier alpha value is -4.12. The average Bonchev–Trinajstić information content (AvgIpc) is 3.31.